The van der Waals surface area contributed by atoms with Crippen LogP contribution in [0.4, 0.5) is 91.0 Å². The van der Waals surface area contributed by atoms with E-state index < -0.39 is 29.5 Å². The number of nitrogens with zero attached hydrogens (tertiary/aromatic N) is 5. The maximum atomic E-state index is 11.8. The highest BCUT2D eigenvalue weighted by atomic mass is 16.3. The number of benzene rings is 8. The third kappa shape index (κ3) is 34.8. The number of hydrogen-bond donors (Lipinski definition) is 21. The highest BCUT2D eigenvalue weighted by Crippen LogP contribution is 2.31. The quantitative estimate of drug-likeness (QED) is 0.0232. The van der Waals surface area contributed by atoms with E-state index in [-0.39, 0.29) is 49.1 Å². The van der Waals surface area contributed by atoms with Crippen molar-refractivity contribution in [1.29, 1.82) is 0 Å². The van der Waals surface area contributed by atoms with Gasteiger partial charge in [0.15, 0.2) is 0 Å². The number of rotatable bonds is 26. The fourth-order valence-electron chi connectivity index (χ4n) is 12.0. The van der Waals surface area contributed by atoms with E-state index in [1.54, 1.807) is 135 Å². The highest BCUT2D eigenvalue weighted by molar-refractivity contribution is 6.05. The third-order valence-electron chi connectivity index (χ3n) is 17.8. The predicted molar refractivity (Wildman–Crippen MR) is 500 cm³/mol. The van der Waals surface area contributed by atoms with Gasteiger partial charge in [-0.05, 0) is 205 Å². The highest BCUT2D eigenvalue weighted by Gasteiger charge is 2.25. The Labute approximate surface area is 711 Å². The molecule has 1 fully saturated rings. The topological polar surface area (TPSA) is 604 Å². The molecule has 0 aliphatic carbocycles. The SMILES string of the molecule is CC(C)(C)Nc1ccc(N)cc1C(N)=O.CC1CCN(c2ccc(N)cc2C(N)=O)C1.CCC(CC)N(CCO)c1ccc(N)cc1C(N)=O.CCCNc1ccc(N)cc1C(N)=O.CCNC(=O)c1cc(N)ccc1N(C)C.CN(C)c1ccc(N)cc1C(=O)NCCO.CNC(=O)c1cc(N)ccc1N(C)C.CNc1ccc(N)cc1C(N)=O. The second-order valence-electron chi connectivity index (χ2n) is 29.5. The van der Waals surface area contributed by atoms with Crippen LogP contribution >= 0.6 is 0 Å². The third-order valence-corrected chi connectivity index (χ3v) is 17.8. The summed E-state index contributed by atoms with van der Waals surface area (Å²) in [6, 6.07) is 41.7. The maximum absolute atomic E-state index is 11.8. The van der Waals surface area contributed by atoms with E-state index in [1.807, 2.05) is 121 Å². The molecule has 0 bridgehead atoms. The van der Waals surface area contributed by atoms with Crippen LogP contribution in [0.5, 0.6) is 0 Å². The summed E-state index contributed by atoms with van der Waals surface area (Å²) in [6.07, 6.45) is 4.00. The molecule has 34 nitrogen and oxygen atoms in total. The molecular formula is C87H132N24O10. The summed E-state index contributed by atoms with van der Waals surface area (Å²) in [6.45, 7) is 20.4. The molecule has 1 atom stereocenters. The van der Waals surface area contributed by atoms with Gasteiger partial charge in [-0.25, -0.2) is 0 Å². The number of aliphatic hydroxyl groups is 2. The number of primary amides is 5. The Morgan fingerprint density at radius 3 is 1.13 bits per heavy atom. The monoisotopic (exact) mass is 1670 g/mol. The van der Waals surface area contributed by atoms with Crippen LogP contribution in [0.1, 0.15) is 164 Å². The molecule has 1 unspecified atom stereocenters. The van der Waals surface area contributed by atoms with Gasteiger partial charge in [0.05, 0.1) is 57.7 Å². The minimum absolute atomic E-state index is 0.0269. The van der Waals surface area contributed by atoms with Crippen LogP contribution in [0, 0.1) is 5.92 Å². The van der Waals surface area contributed by atoms with Crippen molar-refractivity contribution >= 4 is 138 Å². The van der Waals surface area contributed by atoms with Crippen LogP contribution in [0.15, 0.2) is 146 Å². The zero-order valence-electron chi connectivity index (χ0n) is 72.9. The Kier molecular flexibility index (Phi) is 43.9. The van der Waals surface area contributed by atoms with Crippen LogP contribution in [0.2, 0.25) is 0 Å². The van der Waals surface area contributed by atoms with Crippen molar-refractivity contribution in [3.63, 3.8) is 0 Å². The first kappa shape index (κ1) is 103. The van der Waals surface area contributed by atoms with Gasteiger partial charge in [-0.1, -0.05) is 27.7 Å². The van der Waals surface area contributed by atoms with Crippen molar-refractivity contribution < 1.29 is 48.6 Å². The molecule has 8 amide bonds. The molecule has 121 heavy (non-hydrogen) atoms. The number of aliphatic hydroxyl groups excluding tert-OH is 2. The normalized spacial score (nSPS) is 11.4. The number of nitrogen functional groups attached to an aromatic ring is 8. The average molecular weight is 1670 g/mol. The first-order chi connectivity index (χ1) is 56.9. The number of carbonyl (C=O) groups excluding carboxylic acids is 8. The Hall–Kier alpha value is -13.8. The van der Waals surface area contributed by atoms with Crippen LogP contribution in [0.3, 0.4) is 0 Å². The number of carbonyl (C=O) groups is 8. The molecule has 0 spiro atoms. The van der Waals surface area contributed by atoms with E-state index in [1.165, 1.54) is 0 Å². The molecule has 8 aromatic carbocycles. The van der Waals surface area contributed by atoms with Gasteiger partial charge in [-0.15, -0.1) is 0 Å². The van der Waals surface area contributed by atoms with Gasteiger partial charge >= 0.3 is 0 Å². The fraction of sp³-hybridized carbons (Fsp3) is 0.356. The second kappa shape index (κ2) is 51.4. The smallest absolute Gasteiger partial charge is 0.253 e. The number of anilines is 16. The summed E-state index contributed by atoms with van der Waals surface area (Å²) < 4.78 is 0. The molecule has 660 valence electrons. The molecule has 1 heterocycles. The summed E-state index contributed by atoms with van der Waals surface area (Å²) in [4.78, 5) is 101. The van der Waals surface area contributed by atoms with Crippen molar-refractivity contribution in [2.45, 2.75) is 92.7 Å². The van der Waals surface area contributed by atoms with Crippen molar-refractivity contribution in [3.8, 4) is 0 Å². The number of nitrogens with two attached hydrogens (primary N) is 13. The van der Waals surface area contributed by atoms with Gasteiger partial charge in [0.2, 0.25) is 0 Å². The van der Waals surface area contributed by atoms with Gasteiger partial charge in [-0.2, -0.15) is 0 Å². The van der Waals surface area contributed by atoms with Crippen LogP contribution in [-0.2, 0) is 0 Å². The zero-order valence-corrected chi connectivity index (χ0v) is 72.9. The van der Waals surface area contributed by atoms with E-state index in [4.69, 9.17) is 79.6 Å². The fourth-order valence-corrected chi connectivity index (χ4v) is 12.0. The lowest BCUT2D eigenvalue weighted by Crippen LogP contribution is -2.38. The molecule has 1 aliphatic rings. The number of nitrogens with one attached hydrogen (secondary N) is 6. The summed E-state index contributed by atoms with van der Waals surface area (Å²) >= 11 is 0. The Morgan fingerprint density at radius 2 is 0.785 bits per heavy atom. The molecular weight excluding hydrogens is 1540 g/mol. The van der Waals surface area contributed by atoms with Crippen molar-refractivity contribution in [3.05, 3.63) is 190 Å². The lowest BCUT2D eigenvalue weighted by molar-refractivity contribution is 0.0940. The first-order valence-electron chi connectivity index (χ1n) is 39.3. The average Bonchev–Trinajstić information content (AvgIpc) is 1.78. The van der Waals surface area contributed by atoms with Gasteiger partial charge in [0.1, 0.15) is 0 Å². The van der Waals surface area contributed by atoms with Crippen molar-refractivity contribution in [2.24, 2.45) is 34.6 Å². The number of hydrogen-bond acceptors (Lipinski definition) is 26. The number of amides is 8. The van der Waals surface area contributed by atoms with Crippen LogP contribution < -0.4 is 131 Å². The zero-order chi connectivity index (χ0) is 91.7. The Morgan fingerprint density at radius 1 is 0.438 bits per heavy atom. The van der Waals surface area contributed by atoms with Crippen LogP contribution in [-0.4, -0.2) is 178 Å². The van der Waals surface area contributed by atoms with Crippen molar-refractivity contribution in [1.82, 2.24) is 16.0 Å². The molecule has 1 aliphatic heterocycles. The minimum Gasteiger partial charge on any atom is -0.399 e. The largest absolute Gasteiger partial charge is 0.399 e. The van der Waals surface area contributed by atoms with E-state index in [9.17, 15) is 43.5 Å². The summed E-state index contributed by atoms with van der Waals surface area (Å²) in [5.41, 5.74) is 85.9. The Balaban J connectivity index is 0.000000470. The molecule has 0 aromatic heterocycles. The van der Waals surface area contributed by atoms with E-state index in [0.717, 1.165) is 79.4 Å². The minimum atomic E-state index is -0.504. The van der Waals surface area contributed by atoms with Gasteiger partial charge in [0.25, 0.3) is 47.3 Å². The lowest BCUT2D eigenvalue weighted by atomic mass is 10.1. The summed E-state index contributed by atoms with van der Waals surface area (Å²) in [5, 5.41) is 35.0. The van der Waals surface area contributed by atoms with Crippen molar-refractivity contribution in [2.75, 3.05) is 195 Å². The van der Waals surface area contributed by atoms with Gasteiger partial charge in [-0.3, -0.25) is 38.4 Å². The standard InChI is InChI=1S/C14H23N3O2.C12H17N3O.C11H17N3O2.2C11H17N3O.2C10H15N3O.C8H11N3O/c1-3-11(4-2)17(7-8-18)13-6-5-10(15)9-12(13)14(16)19;1-8-4-5-15(7-8)11-3-2-9(13)6-10(11)12(14)16;1-14(2)10-4-3-8(12)7-9(10)11(16)13-5-6-15;1-11(2,3)14-9-5-4-7(12)6-8(9)10(13)15;1-4-13-11(15)9-7-8(12)5-6-10(9)14(2)3;1-12-10(14)8-6-7(11)4-5-9(8)13(2)3;1-2-5-13-9-4-3-7(11)6-8(9)10(12)14;1-11-7-3-2-5(9)4-6(7)8(10)12/h5-6,9,11,18H,3-4,7-8,15H2,1-2H3,(H2,16,19);2-3,6,8H,4-5,7,13H2,1H3,(H2,14,16);3-4,7,15H,5-6,12H2,1-2H3,(H,13,16);4-6,14H,12H2,1-3H3,(H2,13,15);5-7H,4,12H2,1-3H3,(H,13,15);4-6H,11H2,1-3H3,(H,12,14);3-4,6,13H,2,5,11H2,1H3,(H2,12,14);2-4,11H,9H2,1H3,(H2,10,12). The van der Waals surface area contributed by atoms with E-state index in [0.29, 0.717) is 120 Å². The molecule has 9 rings (SSSR count). The molecule has 34 N–H and O–H groups in total. The van der Waals surface area contributed by atoms with E-state index in [2.05, 4.69) is 57.6 Å². The van der Waals surface area contributed by atoms with Gasteiger partial charge < -0.3 is 141 Å². The predicted octanol–water partition coefficient (Wildman–Crippen LogP) is 7.58. The molecule has 1 saturated heterocycles. The first-order valence-corrected chi connectivity index (χ1v) is 39.3. The summed E-state index contributed by atoms with van der Waals surface area (Å²) in [7, 11) is 14.6. The van der Waals surface area contributed by atoms with Gasteiger partial charge in [0, 0.05) is 198 Å². The van der Waals surface area contributed by atoms with E-state index >= 15 is 0 Å². The molecule has 0 radical (unpaired) electrons. The van der Waals surface area contributed by atoms with Crippen LogP contribution in [0.25, 0.3) is 0 Å². The maximum Gasteiger partial charge on any atom is 0.253 e. The molecule has 8 aromatic rings. The summed E-state index contributed by atoms with van der Waals surface area (Å²) in [5.74, 6) is -2.12. The lowest BCUT2D eigenvalue weighted by Gasteiger charge is -2.33. The second-order valence-corrected chi connectivity index (χ2v) is 29.5. The molecule has 0 saturated carbocycles. The Bertz CT molecular complexity index is 4700. The molecule has 34 heteroatoms.